The molecule has 0 spiro atoms. The van der Waals surface area contributed by atoms with E-state index in [1.54, 1.807) is 0 Å². The summed E-state index contributed by atoms with van der Waals surface area (Å²) in [4.78, 5) is 18.1. The fourth-order valence-electron chi connectivity index (χ4n) is 10.2. The normalized spacial score (nSPS) is 16.3. The molecule has 0 bridgehead atoms. The van der Waals surface area contributed by atoms with Gasteiger partial charge >= 0.3 is 0 Å². The van der Waals surface area contributed by atoms with Gasteiger partial charge in [-0.2, -0.15) is 0 Å². The summed E-state index contributed by atoms with van der Waals surface area (Å²) in [5, 5.41) is 0. The van der Waals surface area contributed by atoms with Crippen LogP contribution >= 0.6 is 0 Å². The van der Waals surface area contributed by atoms with Gasteiger partial charge in [0, 0.05) is 28.8 Å². The number of aromatic nitrogens is 2. The van der Waals surface area contributed by atoms with Crippen molar-refractivity contribution in [1.29, 1.82) is 0 Å². The molecule has 0 saturated heterocycles. The van der Waals surface area contributed by atoms with Crippen LogP contribution in [0, 0.1) is 6.17 Å². The molecule has 5 heteroatoms. The van der Waals surface area contributed by atoms with E-state index in [0.717, 1.165) is 23.4 Å². The molecule has 9 rings (SSSR count). The van der Waals surface area contributed by atoms with Crippen molar-refractivity contribution in [3.8, 4) is 0 Å². The van der Waals surface area contributed by atoms with Gasteiger partial charge in [0.05, 0.1) is 28.4 Å². The lowest BCUT2D eigenvalue weighted by atomic mass is 9.65. The van der Waals surface area contributed by atoms with E-state index in [1.807, 2.05) is 12.4 Å². The Kier molecular flexibility index (Phi) is 8.92. The highest BCUT2D eigenvalue weighted by molar-refractivity contribution is 5.96. The van der Waals surface area contributed by atoms with Gasteiger partial charge in [0.25, 0.3) is 0 Å². The van der Waals surface area contributed by atoms with Gasteiger partial charge in [-0.25, -0.2) is 9.97 Å². The Morgan fingerprint density at radius 1 is 0.414 bits per heavy atom. The monoisotopic (exact) mass is 764 g/mol. The third-order valence-corrected chi connectivity index (χ3v) is 13.2. The summed E-state index contributed by atoms with van der Waals surface area (Å²) in [6, 6.07) is 36.8. The number of benzene rings is 5. The Morgan fingerprint density at radius 2 is 0.776 bits per heavy atom. The van der Waals surface area contributed by atoms with Crippen LogP contribution in [-0.4, -0.2) is 9.97 Å². The van der Waals surface area contributed by atoms with Crippen LogP contribution in [0.25, 0.3) is 0 Å². The molecule has 1 aromatic heterocycles. The summed E-state index contributed by atoms with van der Waals surface area (Å²) in [5.41, 5.74) is 17.4. The Morgan fingerprint density at radius 3 is 1.14 bits per heavy atom. The van der Waals surface area contributed by atoms with E-state index in [-0.39, 0.29) is 34.5 Å². The largest absolute Gasteiger partial charge is 0.309 e. The van der Waals surface area contributed by atoms with E-state index >= 15 is 0 Å². The first kappa shape index (κ1) is 38.1. The fraction of sp³-hybridized carbons (Fsp3) is 0.340. The number of para-hydroxylation sites is 4. The topological polar surface area (TPSA) is 35.5 Å². The molecule has 3 aliphatic heterocycles. The van der Waals surface area contributed by atoms with Crippen LogP contribution in [0.4, 0.5) is 40.1 Å². The van der Waals surface area contributed by atoms with Crippen molar-refractivity contribution in [3.05, 3.63) is 166 Å². The van der Waals surface area contributed by atoms with Gasteiger partial charge in [0.15, 0.2) is 17.8 Å². The van der Waals surface area contributed by atoms with Gasteiger partial charge in [0.2, 0.25) is 0 Å². The van der Waals surface area contributed by atoms with E-state index in [2.05, 4.69) is 195 Å². The van der Waals surface area contributed by atoms with Gasteiger partial charge in [0.1, 0.15) is 0 Å². The maximum Gasteiger partial charge on any atom is 0.199 e. The highest BCUT2D eigenvalue weighted by atomic mass is 15.5. The van der Waals surface area contributed by atoms with E-state index in [0.29, 0.717) is 0 Å². The number of anilines is 7. The molecule has 0 N–H and O–H groups in total. The molecule has 0 atom stereocenters. The molecule has 0 amide bonds. The molecule has 1 radical (unpaired) electrons. The number of hydrogen-bond donors (Lipinski definition) is 0. The SMILES string of the molecule is CC(C)c1cccc(C(C)C)c1N1[C](c2cc3c4c(c2)C(C)(C)c2ccccc2N4c2ccccc2C3(C)C)N(c2c(C(C)C)cccc2C(C)C)c2nccnc21. The third kappa shape index (κ3) is 5.41. The first-order chi connectivity index (χ1) is 27.7. The maximum atomic E-state index is 5.28. The van der Waals surface area contributed by atoms with Crippen molar-refractivity contribution in [3.63, 3.8) is 0 Å². The lowest BCUT2D eigenvalue weighted by Gasteiger charge is -2.50. The summed E-state index contributed by atoms with van der Waals surface area (Å²) in [5.74, 6) is 2.85. The van der Waals surface area contributed by atoms with E-state index < -0.39 is 0 Å². The standard InChI is InChI=1S/C53H58N5/c1-31(2)36-19-17-20-37(32(3)4)46(36)57-49-50(55-28-27-54-49)58(47-38(33(5)6)21-18-22-39(47)34(7)8)51(57)35-29-42-48-43(30-35)53(11,12)41-24-14-16-26-45(41)56(48)44-25-15-13-23-40(44)52(42,9)10/h13-34H,1-12H3. The van der Waals surface area contributed by atoms with Crippen LogP contribution in [0.3, 0.4) is 0 Å². The van der Waals surface area contributed by atoms with E-state index in [1.165, 1.54) is 72.9 Å². The summed E-state index contributed by atoms with van der Waals surface area (Å²) in [6.45, 7) is 28.2. The van der Waals surface area contributed by atoms with Crippen molar-refractivity contribution >= 4 is 40.1 Å². The smallest absolute Gasteiger partial charge is 0.199 e. The number of nitrogens with zero attached hydrogens (tertiary/aromatic N) is 5. The van der Waals surface area contributed by atoms with Crippen molar-refractivity contribution in [2.75, 3.05) is 14.7 Å². The first-order valence-electron chi connectivity index (χ1n) is 21.4. The highest BCUT2D eigenvalue weighted by Crippen LogP contribution is 2.62. The molecule has 0 fully saturated rings. The zero-order valence-corrected chi connectivity index (χ0v) is 36.4. The highest BCUT2D eigenvalue weighted by Gasteiger charge is 2.50. The lowest BCUT2D eigenvalue weighted by molar-refractivity contribution is 0.595. The van der Waals surface area contributed by atoms with Gasteiger partial charge in [-0.05, 0) is 92.4 Å². The number of rotatable bonds is 7. The zero-order valence-electron chi connectivity index (χ0n) is 36.4. The molecule has 0 saturated carbocycles. The molecule has 0 unspecified atom stereocenters. The second kappa shape index (κ2) is 13.6. The Bertz CT molecular complexity index is 2350. The summed E-state index contributed by atoms with van der Waals surface area (Å²) in [7, 11) is 0. The van der Waals surface area contributed by atoms with Gasteiger partial charge < -0.3 is 4.90 Å². The third-order valence-electron chi connectivity index (χ3n) is 13.2. The van der Waals surface area contributed by atoms with Crippen molar-refractivity contribution in [1.82, 2.24) is 9.97 Å². The van der Waals surface area contributed by atoms with Crippen LogP contribution in [-0.2, 0) is 10.8 Å². The second-order valence-corrected chi connectivity index (χ2v) is 18.9. The van der Waals surface area contributed by atoms with Gasteiger partial charge in [-0.3, -0.25) is 9.80 Å². The lowest BCUT2D eigenvalue weighted by Crippen LogP contribution is -2.39. The van der Waals surface area contributed by atoms with Crippen molar-refractivity contribution in [2.45, 2.75) is 118 Å². The molecule has 6 aromatic rings. The minimum absolute atomic E-state index is 0.280. The van der Waals surface area contributed by atoms with Crippen LogP contribution in [0.1, 0.15) is 157 Å². The molecule has 4 heterocycles. The molecular formula is C53H58N5. The second-order valence-electron chi connectivity index (χ2n) is 18.9. The quantitative estimate of drug-likeness (QED) is 0.162. The molecular weight excluding hydrogens is 707 g/mol. The molecule has 295 valence electrons. The molecule has 5 nitrogen and oxygen atoms in total. The van der Waals surface area contributed by atoms with E-state index in [4.69, 9.17) is 9.97 Å². The Balaban J connectivity index is 1.44. The van der Waals surface area contributed by atoms with Crippen molar-refractivity contribution < 1.29 is 0 Å². The van der Waals surface area contributed by atoms with Gasteiger partial charge in [-0.15, -0.1) is 0 Å². The average molecular weight is 765 g/mol. The predicted octanol–water partition coefficient (Wildman–Crippen LogP) is 14.5. The van der Waals surface area contributed by atoms with Crippen LogP contribution in [0.2, 0.25) is 0 Å². The Hall–Kier alpha value is -5.42. The fourth-order valence-corrected chi connectivity index (χ4v) is 10.2. The Labute approximate surface area is 346 Å². The van der Waals surface area contributed by atoms with Crippen molar-refractivity contribution in [2.24, 2.45) is 0 Å². The van der Waals surface area contributed by atoms with Crippen LogP contribution in [0.15, 0.2) is 109 Å². The molecule has 3 aliphatic rings. The first-order valence-corrected chi connectivity index (χ1v) is 21.4. The van der Waals surface area contributed by atoms with E-state index in [9.17, 15) is 0 Å². The number of fused-ring (bicyclic) bond motifs is 5. The molecule has 58 heavy (non-hydrogen) atoms. The van der Waals surface area contributed by atoms with Crippen LogP contribution in [0.5, 0.6) is 0 Å². The summed E-state index contributed by atoms with van der Waals surface area (Å²) >= 11 is 0. The molecule has 5 aromatic carbocycles. The average Bonchev–Trinajstić information content (AvgIpc) is 3.54. The summed E-state index contributed by atoms with van der Waals surface area (Å²) in [6.07, 6.45) is 4.82. The van der Waals surface area contributed by atoms with Crippen LogP contribution < -0.4 is 14.7 Å². The summed E-state index contributed by atoms with van der Waals surface area (Å²) < 4.78 is 0. The number of hydrogen-bond acceptors (Lipinski definition) is 5. The zero-order chi connectivity index (χ0) is 41.0. The predicted molar refractivity (Wildman–Crippen MR) is 243 cm³/mol. The van der Waals surface area contributed by atoms with Gasteiger partial charge in [-0.1, -0.05) is 156 Å². The minimum atomic E-state index is -0.286. The minimum Gasteiger partial charge on any atom is -0.309 e. The maximum absolute atomic E-state index is 5.28. The molecule has 0 aliphatic carbocycles.